The standard InChI is InChI=1S/C15H29N3OS/c1-8-16-9-12-13(15(3,4)5)17-14(20-12)18(6)11(2)10-19-7/h11,16H,8-10H2,1-7H3. The average molecular weight is 299 g/mol. The molecule has 0 fully saturated rings. The van der Waals surface area contributed by atoms with Gasteiger partial charge in [-0.25, -0.2) is 4.98 Å². The summed E-state index contributed by atoms with van der Waals surface area (Å²) in [5.74, 6) is 0. The lowest BCUT2D eigenvalue weighted by Crippen LogP contribution is -2.32. The number of nitrogens with zero attached hydrogens (tertiary/aromatic N) is 2. The molecular weight excluding hydrogens is 270 g/mol. The molecule has 4 nitrogen and oxygen atoms in total. The van der Waals surface area contributed by atoms with E-state index in [2.05, 4.69) is 51.9 Å². The topological polar surface area (TPSA) is 37.4 Å². The van der Waals surface area contributed by atoms with E-state index in [-0.39, 0.29) is 5.41 Å². The van der Waals surface area contributed by atoms with Crippen LogP contribution >= 0.6 is 11.3 Å². The van der Waals surface area contributed by atoms with E-state index in [0.717, 1.165) is 18.2 Å². The SMILES string of the molecule is CCNCc1sc(N(C)C(C)COC)nc1C(C)(C)C. The van der Waals surface area contributed by atoms with Gasteiger partial charge in [-0.3, -0.25) is 0 Å². The number of rotatable bonds is 7. The van der Waals surface area contributed by atoms with Crippen LogP contribution in [0.15, 0.2) is 0 Å². The predicted octanol–water partition coefficient (Wildman–Crippen LogP) is 3.02. The highest BCUT2D eigenvalue weighted by Gasteiger charge is 2.25. The Morgan fingerprint density at radius 3 is 2.55 bits per heavy atom. The first-order valence-corrected chi connectivity index (χ1v) is 8.05. The van der Waals surface area contributed by atoms with E-state index in [4.69, 9.17) is 9.72 Å². The summed E-state index contributed by atoms with van der Waals surface area (Å²) in [5, 5.41) is 4.49. The molecule has 1 rings (SSSR count). The third kappa shape index (κ3) is 4.43. The van der Waals surface area contributed by atoms with Gasteiger partial charge >= 0.3 is 0 Å². The van der Waals surface area contributed by atoms with Crippen molar-refractivity contribution in [2.24, 2.45) is 0 Å². The van der Waals surface area contributed by atoms with Crippen LogP contribution < -0.4 is 10.2 Å². The van der Waals surface area contributed by atoms with Gasteiger partial charge in [-0.1, -0.05) is 27.7 Å². The highest BCUT2D eigenvalue weighted by Crippen LogP contribution is 2.34. The molecule has 0 aliphatic rings. The third-order valence-corrected chi connectivity index (χ3v) is 4.45. The molecular formula is C15H29N3OS. The molecule has 0 saturated carbocycles. The monoisotopic (exact) mass is 299 g/mol. The summed E-state index contributed by atoms with van der Waals surface area (Å²) in [4.78, 5) is 8.43. The molecule has 1 unspecified atom stereocenters. The van der Waals surface area contributed by atoms with Crippen molar-refractivity contribution < 1.29 is 4.74 Å². The summed E-state index contributed by atoms with van der Waals surface area (Å²) in [6, 6.07) is 0.325. The Morgan fingerprint density at radius 2 is 2.05 bits per heavy atom. The third-order valence-electron chi connectivity index (χ3n) is 3.30. The molecule has 0 aliphatic carbocycles. The number of methoxy groups -OCH3 is 1. The van der Waals surface area contributed by atoms with Crippen LogP contribution in [0.5, 0.6) is 0 Å². The molecule has 1 heterocycles. The van der Waals surface area contributed by atoms with Crippen LogP contribution in [-0.2, 0) is 16.7 Å². The highest BCUT2D eigenvalue weighted by atomic mass is 32.1. The van der Waals surface area contributed by atoms with E-state index in [1.807, 2.05) is 0 Å². The minimum absolute atomic E-state index is 0.0742. The largest absolute Gasteiger partial charge is 0.383 e. The zero-order valence-electron chi connectivity index (χ0n) is 13.9. The zero-order valence-corrected chi connectivity index (χ0v) is 14.7. The second-order valence-corrected chi connectivity index (χ2v) is 7.28. The Balaban J connectivity index is 3.01. The zero-order chi connectivity index (χ0) is 15.3. The molecule has 0 radical (unpaired) electrons. The molecule has 0 aromatic carbocycles. The fourth-order valence-corrected chi connectivity index (χ4v) is 3.28. The van der Waals surface area contributed by atoms with Gasteiger partial charge in [-0.05, 0) is 13.5 Å². The molecule has 0 bridgehead atoms. The van der Waals surface area contributed by atoms with Crippen molar-refractivity contribution in [3.05, 3.63) is 10.6 Å². The predicted molar refractivity (Wildman–Crippen MR) is 87.9 cm³/mol. The van der Waals surface area contributed by atoms with Gasteiger partial charge in [0.05, 0.1) is 18.3 Å². The lowest BCUT2D eigenvalue weighted by atomic mass is 9.91. The Kier molecular flexibility index (Phi) is 6.43. The lowest BCUT2D eigenvalue weighted by molar-refractivity contribution is 0.183. The van der Waals surface area contributed by atoms with Crippen LogP contribution in [-0.4, -0.2) is 38.3 Å². The number of aromatic nitrogens is 1. The molecule has 0 amide bonds. The van der Waals surface area contributed by atoms with Crippen LogP contribution in [0.1, 0.15) is 45.2 Å². The van der Waals surface area contributed by atoms with E-state index in [1.165, 1.54) is 10.6 Å². The molecule has 1 atom stereocenters. The maximum absolute atomic E-state index is 5.24. The summed E-state index contributed by atoms with van der Waals surface area (Å²) in [7, 11) is 3.83. The summed E-state index contributed by atoms with van der Waals surface area (Å²) in [5.41, 5.74) is 1.28. The minimum Gasteiger partial charge on any atom is -0.383 e. The maximum atomic E-state index is 5.24. The molecule has 0 aliphatic heterocycles. The van der Waals surface area contributed by atoms with Crippen molar-refractivity contribution in [3.63, 3.8) is 0 Å². The Bertz CT molecular complexity index is 412. The number of hydrogen-bond donors (Lipinski definition) is 1. The molecule has 1 aromatic heterocycles. The number of hydrogen-bond acceptors (Lipinski definition) is 5. The smallest absolute Gasteiger partial charge is 0.185 e. The van der Waals surface area contributed by atoms with Crippen LogP contribution in [0.4, 0.5) is 5.13 Å². The molecule has 20 heavy (non-hydrogen) atoms. The molecule has 5 heteroatoms. The van der Waals surface area contributed by atoms with Crippen LogP contribution in [0, 0.1) is 0 Å². The van der Waals surface area contributed by atoms with Crippen molar-refractivity contribution >= 4 is 16.5 Å². The number of ether oxygens (including phenoxy) is 1. The normalized spacial score (nSPS) is 13.6. The van der Waals surface area contributed by atoms with Gasteiger partial charge in [0.1, 0.15) is 0 Å². The van der Waals surface area contributed by atoms with Crippen LogP contribution in [0.2, 0.25) is 0 Å². The summed E-state index contributed by atoms with van der Waals surface area (Å²) >= 11 is 1.79. The fourth-order valence-electron chi connectivity index (χ4n) is 1.98. The van der Waals surface area contributed by atoms with E-state index in [1.54, 1.807) is 18.4 Å². The fraction of sp³-hybridized carbons (Fsp3) is 0.800. The number of thiazole rings is 1. The lowest BCUT2D eigenvalue weighted by Gasteiger charge is -2.23. The first-order chi connectivity index (χ1) is 9.31. The Hall–Kier alpha value is -0.650. The molecule has 0 saturated heterocycles. The second-order valence-electron chi connectivity index (χ2n) is 6.21. The quantitative estimate of drug-likeness (QED) is 0.840. The molecule has 0 spiro atoms. The van der Waals surface area contributed by atoms with Crippen molar-refractivity contribution in [1.29, 1.82) is 0 Å². The minimum atomic E-state index is 0.0742. The van der Waals surface area contributed by atoms with Gasteiger partial charge in [-0.2, -0.15) is 0 Å². The number of nitrogens with one attached hydrogen (secondary N) is 1. The van der Waals surface area contributed by atoms with Crippen molar-refractivity contribution in [2.75, 3.05) is 32.2 Å². The van der Waals surface area contributed by atoms with Crippen LogP contribution in [0.3, 0.4) is 0 Å². The highest BCUT2D eigenvalue weighted by molar-refractivity contribution is 7.15. The van der Waals surface area contributed by atoms with Gasteiger partial charge in [0.15, 0.2) is 5.13 Å². The Morgan fingerprint density at radius 1 is 1.40 bits per heavy atom. The van der Waals surface area contributed by atoms with Gasteiger partial charge in [-0.15, -0.1) is 11.3 Å². The van der Waals surface area contributed by atoms with Gasteiger partial charge in [0.2, 0.25) is 0 Å². The van der Waals surface area contributed by atoms with Crippen LogP contribution in [0.25, 0.3) is 0 Å². The van der Waals surface area contributed by atoms with Crippen molar-refractivity contribution in [2.45, 2.75) is 52.6 Å². The van der Waals surface area contributed by atoms with Gasteiger partial charge in [0, 0.05) is 31.0 Å². The van der Waals surface area contributed by atoms with Gasteiger partial charge < -0.3 is 15.0 Å². The number of likely N-dealkylation sites (N-methyl/N-ethyl adjacent to an activating group) is 1. The number of anilines is 1. The summed E-state index contributed by atoms with van der Waals surface area (Å²) in [6.45, 7) is 13.5. The van der Waals surface area contributed by atoms with E-state index in [9.17, 15) is 0 Å². The second kappa shape index (κ2) is 7.38. The van der Waals surface area contributed by atoms with Crippen molar-refractivity contribution in [1.82, 2.24) is 10.3 Å². The van der Waals surface area contributed by atoms with Gasteiger partial charge in [0.25, 0.3) is 0 Å². The Labute approximate surface area is 127 Å². The average Bonchev–Trinajstić information content (AvgIpc) is 2.79. The van der Waals surface area contributed by atoms with E-state index < -0.39 is 0 Å². The summed E-state index contributed by atoms with van der Waals surface area (Å²) < 4.78 is 5.24. The maximum Gasteiger partial charge on any atom is 0.185 e. The van der Waals surface area contributed by atoms with E-state index >= 15 is 0 Å². The molecule has 116 valence electrons. The first-order valence-electron chi connectivity index (χ1n) is 7.23. The van der Waals surface area contributed by atoms with E-state index in [0.29, 0.717) is 12.6 Å². The first kappa shape index (κ1) is 17.4. The van der Waals surface area contributed by atoms with Crippen molar-refractivity contribution in [3.8, 4) is 0 Å². The summed E-state index contributed by atoms with van der Waals surface area (Å²) in [6.07, 6.45) is 0. The molecule has 1 aromatic rings. The molecule has 1 N–H and O–H groups in total.